The van der Waals surface area contributed by atoms with Crippen LogP contribution in [0.15, 0.2) is 6.20 Å². The molecular formula is C7H10N2. The van der Waals surface area contributed by atoms with E-state index in [9.17, 15) is 0 Å². The Morgan fingerprint density at radius 3 is 3.22 bits per heavy atom. The van der Waals surface area contributed by atoms with Crippen LogP contribution in [0.5, 0.6) is 0 Å². The van der Waals surface area contributed by atoms with Crippen LogP contribution >= 0.6 is 0 Å². The van der Waals surface area contributed by atoms with Crippen molar-refractivity contribution in [2.45, 2.75) is 13.3 Å². The lowest BCUT2D eigenvalue weighted by atomic mass is 10.2. The van der Waals surface area contributed by atoms with Crippen molar-refractivity contribution in [2.24, 2.45) is 0 Å². The van der Waals surface area contributed by atoms with Crippen LogP contribution in [0.25, 0.3) is 0 Å². The van der Waals surface area contributed by atoms with Crippen molar-refractivity contribution in [3.8, 4) is 0 Å². The number of aromatic amines is 1. The highest BCUT2D eigenvalue weighted by Gasteiger charge is 2.12. The van der Waals surface area contributed by atoms with Gasteiger partial charge in [0.25, 0.3) is 0 Å². The van der Waals surface area contributed by atoms with Crippen molar-refractivity contribution in [3.05, 3.63) is 17.5 Å². The molecule has 1 aliphatic heterocycles. The maximum Gasteiger partial charge on any atom is 0.0581 e. The Labute approximate surface area is 54.3 Å². The maximum atomic E-state index is 3.32. The summed E-state index contributed by atoms with van der Waals surface area (Å²) in [7, 11) is 0. The quantitative estimate of drug-likeness (QED) is 0.533. The highest BCUT2D eigenvalue weighted by Crippen LogP contribution is 2.24. The minimum atomic E-state index is 1.11. The van der Waals surface area contributed by atoms with E-state index in [0.717, 1.165) is 6.54 Å². The third-order valence-electron chi connectivity index (χ3n) is 1.86. The van der Waals surface area contributed by atoms with E-state index in [1.54, 1.807) is 0 Å². The summed E-state index contributed by atoms with van der Waals surface area (Å²) < 4.78 is 0. The molecule has 48 valence electrons. The molecule has 0 saturated heterocycles. The zero-order valence-electron chi connectivity index (χ0n) is 5.49. The van der Waals surface area contributed by atoms with Crippen molar-refractivity contribution in [3.63, 3.8) is 0 Å². The lowest BCUT2D eigenvalue weighted by Gasteiger charge is -1.93. The number of aryl methyl sites for hydroxylation is 1. The van der Waals surface area contributed by atoms with Gasteiger partial charge >= 0.3 is 0 Å². The molecule has 2 N–H and O–H groups in total. The summed E-state index contributed by atoms with van der Waals surface area (Å²) in [6.07, 6.45) is 3.27. The van der Waals surface area contributed by atoms with Gasteiger partial charge in [0.2, 0.25) is 0 Å². The van der Waals surface area contributed by atoms with E-state index in [-0.39, 0.29) is 0 Å². The van der Waals surface area contributed by atoms with Crippen molar-refractivity contribution < 1.29 is 0 Å². The van der Waals surface area contributed by atoms with Gasteiger partial charge in [0.1, 0.15) is 0 Å². The normalized spacial score (nSPS) is 15.2. The van der Waals surface area contributed by atoms with Crippen molar-refractivity contribution in [1.82, 2.24) is 4.98 Å². The summed E-state index contributed by atoms with van der Waals surface area (Å²) in [6.45, 7) is 3.21. The van der Waals surface area contributed by atoms with Gasteiger partial charge in [0.15, 0.2) is 0 Å². The number of anilines is 1. The molecular weight excluding hydrogens is 112 g/mol. The van der Waals surface area contributed by atoms with E-state index in [4.69, 9.17) is 0 Å². The van der Waals surface area contributed by atoms with Crippen LogP contribution in [0.3, 0.4) is 0 Å². The number of rotatable bonds is 0. The van der Waals surface area contributed by atoms with Gasteiger partial charge in [-0.05, 0) is 18.9 Å². The van der Waals surface area contributed by atoms with E-state index in [1.807, 2.05) is 0 Å². The molecule has 2 heterocycles. The number of nitrogens with one attached hydrogen (secondary N) is 2. The largest absolute Gasteiger partial charge is 0.383 e. The Morgan fingerprint density at radius 2 is 2.44 bits per heavy atom. The van der Waals surface area contributed by atoms with Gasteiger partial charge in [0.05, 0.1) is 5.69 Å². The van der Waals surface area contributed by atoms with Gasteiger partial charge in [-0.1, -0.05) is 0 Å². The topological polar surface area (TPSA) is 27.8 Å². The lowest BCUT2D eigenvalue weighted by molar-refractivity contribution is 1.08. The Bertz CT molecular complexity index is 225. The van der Waals surface area contributed by atoms with Crippen LogP contribution in [-0.2, 0) is 6.42 Å². The van der Waals surface area contributed by atoms with Crippen LogP contribution in [0.4, 0.5) is 5.69 Å². The third-order valence-corrected chi connectivity index (χ3v) is 1.86. The zero-order chi connectivity index (χ0) is 6.27. The summed E-state index contributed by atoms with van der Waals surface area (Å²) in [5, 5.41) is 3.32. The average molecular weight is 122 g/mol. The molecule has 9 heavy (non-hydrogen) atoms. The van der Waals surface area contributed by atoms with E-state index in [2.05, 4.69) is 23.4 Å². The van der Waals surface area contributed by atoms with Crippen molar-refractivity contribution in [1.29, 1.82) is 0 Å². The van der Waals surface area contributed by atoms with Crippen molar-refractivity contribution in [2.75, 3.05) is 11.9 Å². The number of fused-ring (bicyclic) bond motifs is 1. The Morgan fingerprint density at radius 1 is 1.56 bits per heavy atom. The Hall–Kier alpha value is -0.920. The Balaban J connectivity index is 2.56. The smallest absolute Gasteiger partial charge is 0.0581 e. The highest BCUT2D eigenvalue weighted by atomic mass is 14.9. The Kier molecular flexibility index (Phi) is 0.835. The second kappa shape index (κ2) is 1.53. The molecule has 0 spiro atoms. The zero-order valence-corrected chi connectivity index (χ0v) is 5.49. The maximum absolute atomic E-state index is 3.32. The first-order valence-electron chi connectivity index (χ1n) is 3.28. The summed E-state index contributed by atoms with van der Waals surface area (Å²) in [4.78, 5) is 3.18. The fourth-order valence-corrected chi connectivity index (χ4v) is 1.35. The molecule has 1 aliphatic rings. The summed E-state index contributed by atoms with van der Waals surface area (Å²) in [6, 6.07) is 0. The van der Waals surface area contributed by atoms with Crippen LogP contribution < -0.4 is 5.32 Å². The number of aromatic nitrogens is 1. The monoisotopic (exact) mass is 122 g/mol. The molecule has 0 saturated carbocycles. The number of hydrogen-bond donors (Lipinski definition) is 2. The minimum Gasteiger partial charge on any atom is -0.383 e. The summed E-state index contributed by atoms with van der Waals surface area (Å²) in [5.41, 5.74) is 4.03. The molecule has 0 bridgehead atoms. The average Bonchev–Trinajstić information content (AvgIpc) is 2.35. The van der Waals surface area contributed by atoms with E-state index in [1.165, 1.54) is 23.4 Å². The van der Waals surface area contributed by atoms with Gasteiger partial charge < -0.3 is 10.3 Å². The van der Waals surface area contributed by atoms with Crippen LogP contribution in [0, 0.1) is 6.92 Å². The van der Waals surface area contributed by atoms with Gasteiger partial charge in [-0.2, -0.15) is 0 Å². The van der Waals surface area contributed by atoms with E-state index in [0.29, 0.717) is 0 Å². The first-order valence-corrected chi connectivity index (χ1v) is 3.28. The predicted molar refractivity (Wildman–Crippen MR) is 37.7 cm³/mol. The standard InChI is InChI=1S/C7H10N2/c1-5-7-6(4-9-5)2-3-8-7/h4,8-9H,2-3H2,1H3. The minimum absolute atomic E-state index is 1.11. The fraction of sp³-hybridized carbons (Fsp3) is 0.429. The molecule has 2 nitrogen and oxygen atoms in total. The molecule has 2 rings (SSSR count). The molecule has 0 radical (unpaired) electrons. The SMILES string of the molecule is Cc1[nH]cc2c1NCC2. The third kappa shape index (κ3) is 0.559. The van der Waals surface area contributed by atoms with E-state index < -0.39 is 0 Å². The molecule has 0 amide bonds. The van der Waals surface area contributed by atoms with Gasteiger partial charge in [-0.3, -0.25) is 0 Å². The van der Waals surface area contributed by atoms with Crippen LogP contribution in [0.1, 0.15) is 11.3 Å². The van der Waals surface area contributed by atoms with Gasteiger partial charge in [0, 0.05) is 18.4 Å². The number of hydrogen-bond acceptors (Lipinski definition) is 1. The number of H-pyrrole nitrogens is 1. The molecule has 0 aliphatic carbocycles. The summed E-state index contributed by atoms with van der Waals surface area (Å²) >= 11 is 0. The predicted octanol–water partition coefficient (Wildman–Crippen LogP) is 1.29. The van der Waals surface area contributed by atoms with E-state index >= 15 is 0 Å². The van der Waals surface area contributed by atoms with Crippen LogP contribution in [-0.4, -0.2) is 11.5 Å². The molecule has 1 aromatic rings. The lowest BCUT2D eigenvalue weighted by Crippen LogP contribution is -1.93. The second-order valence-electron chi connectivity index (χ2n) is 2.49. The molecule has 0 atom stereocenters. The van der Waals surface area contributed by atoms with Gasteiger partial charge in [-0.25, -0.2) is 0 Å². The first-order chi connectivity index (χ1) is 4.38. The molecule has 0 unspecified atom stereocenters. The second-order valence-corrected chi connectivity index (χ2v) is 2.49. The first kappa shape index (κ1) is 4.91. The molecule has 2 heteroatoms. The molecule has 0 fully saturated rings. The van der Waals surface area contributed by atoms with Gasteiger partial charge in [-0.15, -0.1) is 0 Å². The summed E-state index contributed by atoms with van der Waals surface area (Å²) in [5.74, 6) is 0. The van der Waals surface area contributed by atoms with Crippen molar-refractivity contribution >= 4 is 5.69 Å². The molecule has 1 aromatic heterocycles. The molecule has 0 aromatic carbocycles. The van der Waals surface area contributed by atoms with Crippen LogP contribution in [0.2, 0.25) is 0 Å². The fourth-order valence-electron chi connectivity index (χ4n) is 1.35. The highest BCUT2D eigenvalue weighted by molar-refractivity contribution is 5.58.